The Morgan fingerprint density at radius 1 is 1.08 bits per heavy atom. The van der Waals surface area contributed by atoms with Crippen LogP contribution < -0.4 is 0 Å². The molecule has 3 aromatic rings. The van der Waals surface area contributed by atoms with E-state index in [-0.39, 0.29) is 5.91 Å². The maximum Gasteiger partial charge on any atom is 0.256 e. The van der Waals surface area contributed by atoms with Crippen molar-refractivity contribution in [3.8, 4) is 23.0 Å². The van der Waals surface area contributed by atoms with Gasteiger partial charge in [0, 0.05) is 30.1 Å². The lowest BCUT2D eigenvalue weighted by molar-refractivity contribution is 0.0799. The third kappa shape index (κ3) is 3.20. The lowest BCUT2D eigenvalue weighted by Gasteiger charge is -2.10. The first kappa shape index (κ1) is 16.4. The van der Waals surface area contributed by atoms with E-state index in [9.17, 15) is 4.79 Å². The van der Waals surface area contributed by atoms with Gasteiger partial charge in [0.15, 0.2) is 0 Å². The summed E-state index contributed by atoms with van der Waals surface area (Å²) < 4.78 is 0. The predicted molar refractivity (Wildman–Crippen MR) is 103 cm³/mol. The fourth-order valence-electron chi connectivity index (χ4n) is 3.05. The smallest absolute Gasteiger partial charge is 0.256 e. The largest absolute Gasteiger partial charge is 0.323 e. The molecule has 1 aliphatic heterocycles. The Morgan fingerprint density at radius 2 is 1.92 bits per heavy atom. The summed E-state index contributed by atoms with van der Waals surface area (Å²) >= 11 is 6.41. The molecule has 26 heavy (non-hydrogen) atoms. The molecule has 2 aromatic carbocycles. The molecule has 0 saturated carbocycles. The molecule has 4 heteroatoms. The van der Waals surface area contributed by atoms with Crippen LogP contribution in [0.1, 0.15) is 21.5 Å². The molecule has 1 aliphatic rings. The first-order valence-corrected chi connectivity index (χ1v) is 8.66. The third-order valence-corrected chi connectivity index (χ3v) is 4.60. The highest BCUT2D eigenvalue weighted by molar-refractivity contribution is 6.34. The number of rotatable bonds is 2. The lowest BCUT2D eigenvalue weighted by atomic mass is 10.0. The number of amides is 1. The van der Waals surface area contributed by atoms with E-state index < -0.39 is 0 Å². The lowest BCUT2D eigenvalue weighted by Crippen LogP contribution is -2.24. The molecular weight excluding hydrogens is 344 g/mol. The zero-order chi connectivity index (χ0) is 17.9. The van der Waals surface area contributed by atoms with Gasteiger partial charge in [0.1, 0.15) is 0 Å². The highest BCUT2D eigenvalue weighted by Gasteiger charge is 2.29. The van der Waals surface area contributed by atoms with Crippen molar-refractivity contribution < 1.29 is 4.79 Å². The number of fused-ring (bicyclic) bond motifs is 1. The van der Waals surface area contributed by atoms with E-state index in [0.29, 0.717) is 23.7 Å². The van der Waals surface area contributed by atoms with Crippen LogP contribution in [0.3, 0.4) is 0 Å². The maximum atomic E-state index is 12.7. The van der Waals surface area contributed by atoms with Gasteiger partial charge in [-0.25, -0.2) is 0 Å². The van der Waals surface area contributed by atoms with Crippen LogP contribution >= 0.6 is 11.6 Å². The van der Waals surface area contributed by atoms with Crippen LogP contribution in [-0.2, 0) is 6.54 Å². The van der Waals surface area contributed by atoms with Crippen LogP contribution in [0.25, 0.3) is 11.1 Å². The average molecular weight is 359 g/mol. The molecule has 3 nitrogen and oxygen atoms in total. The Morgan fingerprint density at radius 3 is 2.69 bits per heavy atom. The van der Waals surface area contributed by atoms with Gasteiger partial charge < -0.3 is 4.90 Å². The Balaban J connectivity index is 1.58. The quantitative estimate of drug-likeness (QED) is 0.636. The maximum absolute atomic E-state index is 12.7. The van der Waals surface area contributed by atoms with Crippen LogP contribution in [-0.4, -0.2) is 22.3 Å². The van der Waals surface area contributed by atoms with Crippen molar-refractivity contribution in [1.82, 2.24) is 9.88 Å². The Kier molecular flexibility index (Phi) is 4.43. The van der Waals surface area contributed by atoms with E-state index in [4.69, 9.17) is 11.6 Å². The molecule has 0 fully saturated rings. The van der Waals surface area contributed by atoms with E-state index in [1.54, 1.807) is 17.3 Å². The zero-order valence-corrected chi connectivity index (χ0v) is 14.7. The topological polar surface area (TPSA) is 33.2 Å². The molecule has 0 aliphatic carbocycles. The van der Waals surface area contributed by atoms with Gasteiger partial charge in [0.05, 0.1) is 17.1 Å². The van der Waals surface area contributed by atoms with Gasteiger partial charge in [-0.05, 0) is 41.5 Å². The van der Waals surface area contributed by atoms with Crippen LogP contribution in [0.5, 0.6) is 0 Å². The molecule has 0 unspecified atom stereocenters. The number of hydrogen-bond donors (Lipinski definition) is 0. The van der Waals surface area contributed by atoms with Gasteiger partial charge in [0.25, 0.3) is 5.91 Å². The second kappa shape index (κ2) is 7.03. The van der Waals surface area contributed by atoms with Crippen molar-refractivity contribution in [3.05, 3.63) is 88.7 Å². The zero-order valence-electron chi connectivity index (χ0n) is 13.9. The number of hydrogen-bond acceptors (Lipinski definition) is 2. The number of carbonyl (C=O) groups excluding carboxylic acids is 1. The van der Waals surface area contributed by atoms with Crippen LogP contribution in [0, 0.1) is 11.8 Å². The normalized spacial score (nSPS) is 12.5. The summed E-state index contributed by atoms with van der Waals surface area (Å²) in [6.45, 7) is 0.895. The molecule has 0 radical (unpaired) electrons. The second-order valence-electron chi connectivity index (χ2n) is 6.06. The molecule has 2 heterocycles. The van der Waals surface area contributed by atoms with E-state index >= 15 is 0 Å². The first-order chi connectivity index (χ1) is 12.7. The van der Waals surface area contributed by atoms with Gasteiger partial charge in [-0.3, -0.25) is 9.78 Å². The third-order valence-electron chi connectivity index (χ3n) is 4.31. The fourth-order valence-corrected chi connectivity index (χ4v) is 3.37. The molecule has 126 valence electrons. The molecule has 4 rings (SSSR count). The Bertz CT molecular complexity index is 1020. The van der Waals surface area contributed by atoms with Gasteiger partial charge in [-0.1, -0.05) is 47.7 Å². The summed E-state index contributed by atoms with van der Waals surface area (Å²) in [5.41, 5.74) is 4.40. The van der Waals surface area contributed by atoms with Crippen LogP contribution in [0.4, 0.5) is 0 Å². The molecule has 0 saturated heterocycles. The van der Waals surface area contributed by atoms with Crippen LogP contribution in [0.15, 0.2) is 67.0 Å². The highest BCUT2D eigenvalue weighted by Crippen LogP contribution is 2.33. The monoisotopic (exact) mass is 358 g/mol. The summed E-state index contributed by atoms with van der Waals surface area (Å²) in [7, 11) is 0. The van der Waals surface area contributed by atoms with Crippen molar-refractivity contribution in [3.63, 3.8) is 0 Å². The first-order valence-electron chi connectivity index (χ1n) is 8.28. The predicted octanol–water partition coefficient (Wildman–Crippen LogP) is 4.41. The number of aromatic nitrogens is 1. The average Bonchev–Trinajstić information content (AvgIpc) is 2.99. The standard InChI is InChI=1S/C22H15ClN2O/c23-20-13-18(17-9-4-10-24-14-17)12-19-15-25(22(26)21(19)20)11-5-8-16-6-2-1-3-7-16/h1-4,6-7,9-10,12-14H,11,15H2. The van der Waals surface area contributed by atoms with E-state index in [1.165, 1.54) is 0 Å². The molecule has 0 atom stereocenters. The summed E-state index contributed by atoms with van der Waals surface area (Å²) in [4.78, 5) is 18.5. The summed E-state index contributed by atoms with van der Waals surface area (Å²) in [5.74, 6) is 6.10. The van der Waals surface area contributed by atoms with E-state index in [0.717, 1.165) is 22.3 Å². The van der Waals surface area contributed by atoms with Crippen molar-refractivity contribution in [2.24, 2.45) is 0 Å². The summed E-state index contributed by atoms with van der Waals surface area (Å²) in [6.07, 6.45) is 3.52. The van der Waals surface area contributed by atoms with E-state index in [2.05, 4.69) is 16.8 Å². The number of nitrogens with zero attached hydrogens (tertiary/aromatic N) is 2. The van der Waals surface area contributed by atoms with Gasteiger partial charge in [-0.15, -0.1) is 0 Å². The van der Waals surface area contributed by atoms with Crippen molar-refractivity contribution in [2.45, 2.75) is 6.54 Å². The van der Waals surface area contributed by atoms with Gasteiger partial charge in [-0.2, -0.15) is 0 Å². The highest BCUT2D eigenvalue weighted by atomic mass is 35.5. The minimum Gasteiger partial charge on any atom is -0.323 e. The van der Waals surface area contributed by atoms with Gasteiger partial charge in [0.2, 0.25) is 0 Å². The molecule has 0 bridgehead atoms. The fraction of sp³-hybridized carbons (Fsp3) is 0.0909. The minimum atomic E-state index is -0.0647. The number of pyridine rings is 1. The van der Waals surface area contributed by atoms with Crippen molar-refractivity contribution >= 4 is 17.5 Å². The number of carbonyl (C=O) groups is 1. The molecule has 1 amide bonds. The second-order valence-corrected chi connectivity index (χ2v) is 6.47. The number of halogens is 1. The Labute approximate surface area is 157 Å². The van der Waals surface area contributed by atoms with E-state index in [1.807, 2.05) is 54.6 Å². The summed E-state index contributed by atoms with van der Waals surface area (Å²) in [5, 5.41) is 0.477. The molecule has 1 aromatic heterocycles. The molecular formula is C22H15ClN2O. The van der Waals surface area contributed by atoms with Gasteiger partial charge >= 0.3 is 0 Å². The molecule has 0 N–H and O–H groups in total. The minimum absolute atomic E-state index is 0.0647. The summed E-state index contributed by atoms with van der Waals surface area (Å²) in [6, 6.07) is 17.4. The Hall–Kier alpha value is -3.09. The van der Waals surface area contributed by atoms with Crippen molar-refractivity contribution in [2.75, 3.05) is 6.54 Å². The van der Waals surface area contributed by atoms with Crippen LogP contribution in [0.2, 0.25) is 5.02 Å². The number of benzene rings is 2. The molecule has 0 spiro atoms. The SMILES string of the molecule is O=C1c2c(Cl)cc(-c3cccnc3)cc2CN1CC#Cc1ccccc1. The van der Waals surface area contributed by atoms with Crippen molar-refractivity contribution in [1.29, 1.82) is 0 Å².